The molecule has 2 aromatic heterocycles. The molecule has 6 heteroatoms. The van der Waals surface area contributed by atoms with Crippen molar-refractivity contribution in [3.63, 3.8) is 0 Å². The Morgan fingerprint density at radius 3 is 2.85 bits per heavy atom. The average molecular weight is 366 g/mol. The van der Waals surface area contributed by atoms with Crippen molar-refractivity contribution in [1.82, 2.24) is 14.9 Å². The first kappa shape index (κ1) is 18.9. The lowest BCUT2D eigenvalue weighted by Crippen LogP contribution is -2.61. The lowest BCUT2D eigenvalue weighted by molar-refractivity contribution is -0.130. The highest BCUT2D eigenvalue weighted by Gasteiger charge is 2.34. The van der Waals surface area contributed by atoms with Crippen molar-refractivity contribution in [1.29, 1.82) is 0 Å². The Morgan fingerprint density at radius 2 is 2.19 bits per heavy atom. The van der Waals surface area contributed by atoms with Crippen LogP contribution in [0.5, 0.6) is 0 Å². The molecule has 6 nitrogen and oxygen atoms in total. The van der Waals surface area contributed by atoms with Gasteiger partial charge in [0.05, 0.1) is 11.7 Å². The van der Waals surface area contributed by atoms with Gasteiger partial charge in [0.2, 0.25) is 5.91 Å². The third-order valence-electron chi connectivity index (χ3n) is 4.98. The van der Waals surface area contributed by atoms with Crippen LogP contribution in [0.2, 0.25) is 0 Å². The minimum atomic E-state index is -0.118. The summed E-state index contributed by atoms with van der Waals surface area (Å²) in [5.41, 5.74) is 3.46. The zero-order valence-electron chi connectivity index (χ0n) is 15.9. The first-order chi connectivity index (χ1) is 13.1. The van der Waals surface area contributed by atoms with Crippen molar-refractivity contribution >= 4 is 11.6 Å². The van der Waals surface area contributed by atoms with Crippen molar-refractivity contribution in [3.8, 4) is 11.3 Å². The molecule has 0 aromatic carbocycles. The molecule has 142 valence electrons. The monoisotopic (exact) mass is 366 g/mol. The maximum Gasteiger partial charge on any atom is 0.271 e. The van der Waals surface area contributed by atoms with Crippen molar-refractivity contribution in [2.75, 3.05) is 24.5 Å². The molecule has 0 spiro atoms. The first-order valence-electron chi connectivity index (χ1n) is 9.43. The number of hydrogen-bond acceptors (Lipinski definition) is 4. The number of anilines is 1. The van der Waals surface area contributed by atoms with Gasteiger partial charge in [-0.25, -0.2) is 0 Å². The minimum Gasteiger partial charge on any atom is -0.361 e. The number of carbonyl (C=O) groups is 1. The first-order valence-corrected chi connectivity index (χ1v) is 9.43. The summed E-state index contributed by atoms with van der Waals surface area (Å²) in [6.45, 7) is 9.70. The average Bonchev–Trinajstić information content (AvgIpc) is 2.66. The lowest BCUT2D eigenvalue weighted by atomic mass is 10.0. The number of hydrogen-bond donors (Lipinski definition) is 1. The molecule has 2 aromatic rings. The summed E-state index contributed by atoms with van der Waals surface area (Å²) >= 11 is 0. The van der Waals surface area contributed by atoms with Crippen molar-refractivity contribution in [2.45, 2.75) is 32.7 Å². The number of carbonyl (C=O) groups excluding carboxylic acids is 1. The van der Waals surface area contributed by atoms with Gasteiger partial charge in [-0.2, -0.15) is 0 Å². The van der Waals surface area contributed by atoms with Crippen LogP contribution in [0.4, 0.5) is 5.69 Å². The van der Waals surface area contributed by atoms with Gasteiger partial charge in [-0.1, -0.05) is 20.4 Å². The smallest absolute Gasteiger partial charge is 0.271 e. The van der Waals surface area contributed by atoms with Crippen LogP contribution in [-0.4, -0.2) is 46.5 Å². The molecule has 0 aliphatic carbocycles. The van der Waals surface area contributed by atoms with Crippen LogP contribution in [0.3, 0.4) is 0 Å². The Morgan fingerprint density at radius 1 is 1.41 bits per heavy atom. The number of nitrogens with one attached hydrogen (secondary N) is 1. The second-order valence-corrected chi connectivity index (χ2v) is 6.80. The Hall–Kier alpha value is -2.89. The van der Waals surface area contributed by atoms with Gasteiger partial charge >= 0.3 is 0 Å². The van der Waals surface area contributed by atoms with E-state index in [1.807, 2.05) is 12.1 Å². The van der Waals surface area contributed by atoms with E-state index in [9.17, 15) is 9.59 Å². The Balaban J connectivity index is 1.90. The van der Waals surface area contributed by atoms with E-state index in [-0.39, 0.29) is 17.5 Å². The van der Waals surface area contributed by atoms with Gasteiger partial charge < -0.3 is 14.8 Å². The Kier molecular flexibility index (Phi) is 5.74. The third kappa shape index (κ3) is 3.94. The van der Waals surface area contributed by atoms with E-state index in [4.69, 9.17) is 0 Å². The summed E-state index contributed by atoms with van der Waals surface area (Å²) in [6.07, 6.45) is 6.70. The second kappa shape index (κ2) is 8.20. The summed E-state index contributed by atoms with van der Waals surface area (Å²) in [5, 5.41) is 0. The van der Waals surface area contributed by atoms with Crippen LogP contribution >= 0.6 is 0 Å². The molecule has 1 fully saturated rings. The molecule has 1 aliphatic rings. The number of amides is 1. The molecule has 1 N–H and O–H groups in total. The van der Waals surface area contributed by atoms with Crippen molar-refractivity contribution in [3.05, 3.63) is 59.2 Å². The number of H-pyrrole nitrogens is 1. The molecule has 1 amide bonds. The topological polar surface area (TPSA) is 69.3 Å². The molecule has 1 aliphatic heterocycles. The van der Waals surface area contributed by atoms with E-state index in [1.165, 1.54) is 11.6 Å². The maximum absolute atomic E-state index is 12.5. The molecule has 0 saturated carbocycles. The fraction of sp³-hybridized carbons (Fsp3) is 0.381. The number of nitrogens with zero attached hydrogens (tertiary/aromatic N) is 3. The number of rotatable bonds is 7. The predicted molar refractivity (Wildman–Crippen MR) is 108 cm³/mol. The normalized spacial score (nSPS) is 13.9. The van der Waals surface area contributed by atoms with E-state index in [0.29, 0.717) is 18.8 Å². The van der Waals surface area contributed by atoms with E-state index >= 15 is 0 Å². The van der Waals surface area contributed by atoms with E-state index in [0.717, 1.165) is 30.6 Å². The molecule has 0 unspecified atom stereocenters. The SMILES string of the molecule is C=CC(=O)N1CC(N(CCC)c2cc(-c3cc(CC)ccn3)c[nH]c2=O)C1. The van der Waals surface area contributed by atoms with Crippen LogP contribution in [0, 0.1) is 0 Å². The number of pyridine rings is 2. The fourth-order valence-corrected chi connectivity index (χ4v) is 3.39. The van der Waals surface area contributed by atoms with Crippen molar-refractivity contribution in [2.24, 2.45) is 0 Å². The zero-order chi connectivity index (χ0) is 19.4. The lowest BCUT2D eigenvalue weighted by Gasteiger charge is -2.45. The largest absolute Gasteiger partial charge is 0.361 e. The van der Waals surface area contributed by atoms with Crippen LogP contribution < -0.4 is 10.5 Å². The van der Waals surface area contributed by atoms with Gasteiger partial charge in [0.15, 0.2) is 0 Å². The summed E-state index contributed by atoms with van der Waals surface area (Å²) in [6, 6.07) is 6.10. The predicted octanol–water partition coefficient (Wildman–Crippen LogP) is 2.61. The molecule has 27 heavy (non-hydrogen) atoms. The molecule has 0 atom stereocenters. The Bertz CT molecular complexity index is 884. The molecule has 0 bridgehead atoms. The highest BCUT2D eigenvalue weighted by Crippen LogP contribution is 2.25. The zero-order valence-corrected chi connectivity index (χ0v) is 15.9. The summed E-state index contributed by atoms with van der Waals surface area (Å²) in [5.74, 6) is -0.0639. The number of aromatic nitrogens is 2. The molecule has 3 heterocycles. The quantitative estimate of drug-likeness (QED) is 0.765. The summed E-state index contributed by atoms with van der Waals surface area (Å²) in [7, 11) is 0. The van der Waals surface area contributed by atoms with Gasteiger partial charge in [0.1, 0.15) is 5.69 Å². The number of aromatic amines is 1. The minimum absolute atomic E-state index is 0.0639. The van der Waals surface area contributed by atoms with Gasteiger partial charge in [0.25, 0.3) is 5.56 Å². The fourth-order valence-electron chi connectivity index (χ4n) is 3.39. The van der Waals surface area contributed by atoms with Crippen LogP contribution in [0.15, 0.2) is 48.0 Å². The third-order valence-corrected chi connectivity index (χ3v) is 4.98. The van der Waals surface area contributed by atoms with Gasteiger partial charge in [-0.3, -0.25) is 14.6 Å². The van der Waals surface area contributed by atoms with E-state index in [1.54, 1.807) is 17.3 Å². The highest BCUT2D eigenvalue weighted by atomic mass is 16.2. The standard InChI is InChI=1S/C21H26N4O2/c1-4-9-25(17-13-24(14-17)20(26)6-3)19-11-16(12-23-21(19)27)18-10-15(5-2)7-8-22-18/h6-8,10-12,17H,3-5,9,13-14H2,1-2H3,(H,23,27). The van der Waals surface area contributed by atoms with E-state index < -0.39 is 0 Å². The second-order valence-electron chi connectivity index (χ2n) is 6.80. The number of aryl methyl sites for hydroxylation is 1. The molecule has 0 radical (unpaired) electrons. The molecule has 1 saturated heterocycles. The highest BCUT2D eigenvalue weighted by molar-refractivity contribution is 5.87. The van der Waals surface area contributed by atoms with Gasteiger partial charge in [-0.05, 0) is 42.7 Å². The van der Waals surface area contributed by atoms with Crippen molar-refractivity contribution < 1.29 is 4.79 Å². The molecular weight excluding hydrogens is 340 g/mol. The Labute approximate surface area is 159 Å². The summed E-state index contributed by atoms with van der Waals surface area (Å²) < 4.78 is 0. The summed E-state index contributed by atoms with van der Waals surface area (Å²) in [4.78, 5) is 35.4. The van der Waals surface area contributed by atoms with E-state index in [2.05, 4.69) is 41.4 Å². The molecular formula is C21H26N4O2. The van der Waals surface area contributed by atoms with Crippen LogP contribution in [0.25, 0.3) is 11.3 Å². The maximum atomic E-state index is 12.5. The van der Waals surface area contributed by atoms with Crippen LogP contribution in [-0.2, 0) is 11.2 Å². The van der Waals surface area contributed by atoms with Gasteiger partial charge in [-0.15, -0.1) is 0 Å². The van der Waals surface area contributed by atoms with Gasteiger partial charge in [0, 0.05) is 37.6 Å². The van der Waals surface area contributed by atoms with Crippen LogP contribution in [0.1, 0.15) is 25.8 Å². The molecule has 3 rings (SSSR count). The number of likely N-dealkylation sites (tertiary alicyclic amines) is 1.